The number of ketones is 1. The molecule has 0 saturated carbocycles. The Labute approximate surface area is 179 Å². The lowest BCUT2D eigenvalue weighted by Crippen LogP contribution is -2.33. The molecule has 0 unspecified atom stereocenters. The lowest BCUT2D eigenvalue weighted by molar-refractivity contribution is -0.115. The molecule has 1 aromatic rings. The molecule has 0 N–H and O–H groups in total. The van der Waals surface area contributed by atoms with Crippen LogP contribution in [0, 0.1) is 11.3 Å². The highest BCUT2D eigenvalue weighted by atomic mass is 16.7. The third-order valence-corrected chi connectivity index (χ3v) is 7.00. The molecule has 0 bridgehead atoms. The fourth-order valence-electron chi connectivity index (χ4n) is 5.23. The number of allylic oxidation sites excluding steroid dienone is 4. The van der Waals surface area contributed by atoms with Crippen molar-refractivity contribution in [2.45, 2.75) is 52.5 Å². The number of benzene rings is 1. The Kier molecular flexibility index (Phi) is 5.67. The van der Waals surface area contributed by atoms with Gasteiger partial charge in [-0.2, -0.15) is 0 Å². The van der Waals surface area contributed by atoms with Crippen molar-refractivity contribution in [3.63, 3.8) is 0 Å². The number of fused-ring (bicyclic) bond motifs is 2. The van der Waals surface area contributed by atoms with Crippen molar-refractivity contribution in [1.82, 2.24) is 4.90 Å². The summed E-state index contributed by atoms with van der Waals surface area (Å²) < 4.78 is 17.0. The molecule has 0 amide bonds. The van der Waals surface area contributed by atoms with Gasteiger partial charge in [0.25, 0.3) is 0 Å². The Morgan fingerprint density at radius 1 is 1.37 bits per heavy atom. The third kappa shape index (κ3) is 3.76. The zero-order valence-corrected chi connectivity index (χ0v) is 18.8. The van der Waals surface area contributed by atoms with Crippen molar-refractivity contribution in [1.29, 1.82) is 0 Å². The maximum atomic E-state index is 13.0. The van der Waals surface area contributed by atoms with Gasteiger partial charge in [-0.15, -0.1) is 0 Å². The molecular formula is C25H33NO4. The van der Waals surface area contributed by atoms with Gasteiger partial charge in [-0.1, -0.05) is 31.6 Å². The summed E-state index contributed by atoms with van der Waals surface area (Å²) >= 11 is 0. The Hall–Kier alpha value is -2.27. The summed E-state index contributed by atoms with van der Waals surface area (Å²) in [6.45, 7) is 7.87. The highest BCUT2D eigenvalue weighted by Gasteiger charge is 2.35. The van der Waals surface area contributed by atoms with E-state index in [0.29, 0.717) is 23.8 Å². The predicted octanol–water partition coefficient (Wildman–Crippen LogP) is 4.85. The molecule has 2 heterocycles. The molecule has 0 aromatic heterocycles. The molecule has 1 aromatic carbocycles. The van der Waals surface area contributed by atoms with Crippen LogP contribution in [0.15, 0.2) is 29.9 Å². The first kappa shape index (κ1) is 21.0. The Morgan fingerprint density at radius 3 is 2.90 bits per heavy atom. The number of hydrogen-bond donors (Lipinski definition) is 0. The number of nitrogens with zero attached hydrogens (tertiary/aromatic N) is 1. The number of carbonyl (C=O) groups is 1. The van der Waals surface area contributed by atoms with E-state index >= 15 is 0 Å². The zero-order valence-electron chi connectivity index (χ0n) is 18.8. The molecule has 0 fully saturated rings. The SMILES string of the molecule is COc1c2c(cc3c1[C@@H](CC(=O)C=C[C@@H]1C(C)=CCCC1(C)C)N(C)CC3)OCO2. The fourth-order valence-corrected chi connectivity index (χ4v) is 5.23. The summed E-state index contributed by atoms with van der Waals surface area (Å²) in [5, 5.41) is 0. The van der Waals surface area contributed by atoms with Gasteiger partial charge >= 0.3 is 0 Å². The van der Waals surface area contributed by atoms with Crippen molar-refractivity contribution >= 4 is 5.78 Å². The van der Waals surface area contributed by atoms with Gasteiger partial charge in [0.15, 0.2) is 17.3 Å². The van der Waals surface area contributed by atoms with E-state index in [0.717, 1.165) is 37.1 Å². The monoisotopic (exact) mass is 411 g/mol. The molecule has 0 spiro atoms. The van der Waals surface area contributed by atoms with Crippen LogP contribution in [0.4, 0.5) is 0 Å². The van der Waals surface area contributed by atoms with Crippen LogP contribution in [0.25, 0.3) is 0 Å². The van der Waals surface area contributed by atoms with Gasteiger partial charge in [0.2, 0.25) is 12.5 Å². The van der Waals surface area contributed by atoms with E-state index < -0.39 is 0 Å². The van der Waals surface area contributed by atoms with Crippen molar-refractivity contribution in [2.24, 2.45) is 11.3 Å². The van der Waals surface area contributed by atoms with Crippen LogP contribution in [-0.4, -0.2) is 38.2 Å². The smallest absolute Gasteiger partial charge is 0.231 e. The number of methoxy groups -OCH3 is 1. The molecule has 4 rings (SSSR count). The Balaban J connectivity index is 1.59. The van der Waals surface area contributed by atoms with E-state index in [1.54, 1.807) is 13.2 Å². The minimum absolute atomic E-state index is 0.0358. The molecule has 0 saturated heterocycles. The lowest BCUT2D eigenvalue weighted by atomic mass is 9.68. The molecule has 30 heavy (non-hydrogen) atoms. The van der Waals surface area contributed by atoms with E-state index in [9.17, 15) is 4.79 Å². The van der Waals surface area contributed by atoms with Crippen LogP contribution in [0.5, 0.6) is 17.2 Å². The summed E-state index contributed by atoms with van der Waals surface area (Å²) in [5.41, 5.74) is 3.80. The number of carbonyl (C=O) groups excluding carboxylic acids is 1. The van der Waals surface area contributed by atoms with E-state index in [1.807, 2.05) is 0 Å². The van der Waals surface area contributed by atoms with Gasteiger partial charge in [-0.25, -0.2) is 0 Å². The molecule has 5 nitrogen and oxygen atoms in total. The summed E-state index contributed by atoms with van der Waals surface area (Å²) in [7, 11) is 3.73. The molecule has 5 heteroatoms. The lowest BCUT2D eigenvalue weighted by Gasteiger charge is -2.37. The van der Waals surface area contributed by atoms with Gasteiger partial charge in [0.05, 0.1) is 7.11 Å². The fraction of sp³-hybridized carbons (Fsp3) is 0.560. The summed E-state index contributed by atoms with van der Waals surface area (Å²) in [4.78, 5) is 15.3. The van der Waals surface area contributed by atoms with E-state index in [2.05, 4.69) is 50.9 Å². The maximum absolute atomic E-state index is 13.0. The normalized spacial score (nSPS) is 25.2. The van der Waals surface area contributed by atoms with Gasteiger partial charge < -0.3 is 14.2 Å². The van der Waals surface area contributed by atoms with Gasteiger partial charge in [-0.3, -0.25) is 9.69 Å². The molecule has 162 valence electrons. The van der Waals surface area contributed by atoms with Crippen molar-refractivity contribution in [3.8, 4) is 17.2 Å². The average molecular weight is 412 g/mol. The molecule has 0 radical (unpaired) electrons. The topological polar surface area (TPSA) is 48.0 Å². The Morgan fingerprint density at radius 2 is 2.17 bits per heavy atom. The number of likely N-dealkylation sites (N-methyl/N-ethyl adjacent to an activating group) is 1. The average Bonchev–Trinajstić information content (AvgIpc) is 3.16. The van der Waals surface area contributed by atoms with E-state index in [-0.39, 0.29) is 24.0 Å². The van der Waals surface area contributed by atoms with E-state index in [4.69, 9.17) is 14.2 Å². The maximum Gasteiger partial charge on any atom is 0.231 e. The molecule has 3 aliphatic rings. The second-order valence-corrected chi connectivity index (χ2v) is 9.45. The molecule has 2 atom stereocenters. The minimum atomic E-state index is -0.0358. The first-order chi connectivity index (χ1) is 14.3. The highest BCUT2D eigenvalue weighted by molar-refractivity contribution is 5.90. The van der Waals surface area contributed by atoms with Gasteiger partial charge in [-0.05, 0) is 56.4 Å². The van der Waals surface area contributed by atoms with Gasteiger partial charge in [0.1, 0.15) is 0 Å². The largest absolute Gasteiger partial charge is 0.492 e. The van der Waals surface area contributed by atoms with Crippen molar-refractivity contribution in [3.05, 3.63) is 41.0 Å². The second kappa shape index (κ2) is 8.10. The minimum Gasteiger partial charge on any atom is -0.492 e. The van der Waals surface area contributed by atoms with Crippen molar-refractivity contribution in [2.75, 3.05) is 27.5 Å². The first-order valence-electron chi connectivity index (χ1n) is 10.9. The summed E-state index contributed by atoms with van der Waals surface area (Å²) in [5.74, 6) is 2.57. The first-order valence-corrected chi connectivity index (χ1v) is 10.9. The van der Waals surface area contributed by atoms with Crippen LogP contribution in [0.2, 0.25) is 0 Å². The molecular weight excluding hydrogens is 378 g/mol. The number of rotatable bonds is 5. The van der Waals surface area contributed by atoms with Crippen LogP contribution in [-0.2, 0) is 11.2 Å². The van der Waals surface area contributed by atoms with Gasteiger partial charge in [0, 0.05) is 30.5 Å². The van der Waals surface area contributed by atoms with Crippen LogP contribution < -0.4 is 14.2 Å². The summed E-state index contributed by atoms with van der Waals surface area (Å²) in [6.07, 6.45) is 9.83. The van der Waals surface area contributed by atoms with E-state index in [1.165, 1.54) is 11.1 Å². The number of ether oxygens (including phenoxy) is 3. The summed E-state index contributed by atoms with van der Waals surface area (Å²) in [6, 6.07) is 2.02. The highest BCUT2D eigenvalue weighted by Crippen LogP contribution is 2.50. The van der Waals surface area contributed by atoms with Crippen LogP contribution in [0.3, 0.4) is 0 Å². The quantitative estimate of drug-likeness (QED) is 0.512. The predicted molar refractivity (Wildman–Crippen MR) is 117 cm³/mol. The molecule has 2 aliphatic heterocycles. The zero-order chi connectivity index (χ0) is 21.5. The Bertz CT molecular complexity index is 899. The standard InChI is InChI=1S/C25H33NO4/c1-16-7-6-11-25(2,3)19(16)9-8-18(27)14-20-22-17(10-12-26(20)4)13-21-23(24(22)28-5)30-15-29-21/h7-9,13,19-20H,6,10-12,14-15H2,1-5H3/t19-,20-/m1/s1. The number of hydrogen-bond acceptors (Lipinski definition) is 5. The third-order valence-electron chi connectivity index (χ3n) is 7.00. The van der Waals surface area contributed by atoms with Crippen molar-refractivity contribution < 1.29 is 19.0 Å². The second-order valence-electron chi connectivity index (χ2n) is 9.45. The molecule has 1 aliphatic carbocycles. The van der Waals surface area contributed by atoms with Crippen LogP contribution >= 0.6 is 0 Å². The van der Waals surface area contributed by atoms with Crippen LogP contribution in [0.1, 0.15) is 57.2 Å².